The minimum Gasteiger partial charge on any atom is -0.493 e. The number of hydrogen-bond acceptors (Lipinski definition) is 4. The molecule has 184 valence electrons. The molecule has 0 fully saturated rings. The van der Waals surface area contributed by atoms with Gasteiger partial charge in [-0.25, -0.2) is 0 Å². The third kappa shape index (κ3) is 6.23. The van der Waals surface area contributed by atoms with Gasteiger partial charge in [-0.3, -0.25) is 4.18 Å². The molecule has 0 unspecified atom stereocenters. The second-order valence-corrected chi connectivity index (χ2v) is 9.73. The zero-order valence-electron chi connectivity index (χ0n) is 19.0. The minimum atomic E-state index is -4.35. The van der Waals surface area contributed by atoms with Crippen molar-refractivity contribution in [3.05, 3.63) is 95.7 Å². The number of halogens is 3. The van der Waals surface area contributed by atoms with Gasteiger partial charge in [0, 0.05) is 25.2 Å². The first kappa shape index (κ1) is 24.8. The molecule has 1 heterocycles. The van der Waals surface area contributed by atoms with E-state index in [1.165, 1.54) is 24.3 Å². The van der Waals surface area contributed by atoms with Crippen molar-refractivity contribution in [2.24, 2.45) is 0 Å². The molecule has 5 nitrogen and oxygen atoms in total. The molecule has 4 aromatic rings. The predicted molar refractivity (Wildman–Crippen MR) is 127 cm³/mol. The molecule has 0 aliphatic carbocycles. The van der Waals surface area contributed by atoms with E-state index in [4.69, 9.17) is 8.92 Å². The van der Waals surface area contributed by atoms with Gasteiger partial charge in [-0.1, -0.05) is 29.8 Å². The third-order valence-electron chi connectivity index (χ3n) is 5.57. The summed E-state index contributed by atoms with van der Waals surface area (Å²) < 4.78 is 75.7. The van der Waals surface area contributed by atoms with Crippen LogP contribution in [-0.2, 0) is 33.4 Å². The highest BCUT2D eigenvalue weighted by molar-refractivity contribution is 7.86. The number of fused-ring (bicyclic) bond motifs is 1. The summed E-state index contributed by atoms with van der Waals surface area (Å²) in [5.41, 5.74) is 1.88. The number of nitrogens with zero attached hydrogens (tertiary/aromatic N) is 1. The molecule has 0 radical (unpaired) electrons. The van der Waals surface area contributed by atoms with Crippen molar-refractivity contribution in [1.29, 1.82) is 0 Å². The van der Waals surface area contributed by atoms with E-state index in [1.54, 1.807) is 12.1 Å². The Balaban J connectivity index is 1.34. The van der Waals surface area contributed by atoms with Crippen LogP contribution in [0, 0.1) is 6.92 Å². The molecule has 0 amide bonds. The van der Waals surface area contributed by atoms with Crippen LogP contribution in [0.4, 0.5) is 13.2 Å². The van der Waals surface area contributed by atoms with Gasteiger partial charge in [-0.05, 0) is 60.3 Å². The Morgan fingerprint density at radius 2 is 1.60 bits per heavy atom. The quantitative estimate of drug-likeness (QED) is 0.263. The fourth-order valence-corrected chi connectivity index (χ4v) is 4.51. The van der Waals surface area contributed by atoms with Crippen LogP contribution in [0.1, 0.15) is 16.7 Å². The molecule has 0 saturated carbocycles. The first-order valence-corrected chi connectivity index (χ1v) is 12.4. The number of ether oxygens (including phenoxy) is 1. The van der Waals surface area contributed by atoms with Gasteiger partial charge >= 0.3 is 6.18 Å². The molecule has 0 spiro atoms. The summed E-state index contributed by atoms with van der Waals surface area (Å²) in [5, 5.41) is 0.960. The Morgan fingerprint density at radius 3 is 2.29 bits per heavy atom. The van der Waals surface area contributed by atoms with E-state index in [1.807, 2.05) is 42.0 Å². The van der Waals surface area contributed by atoms with Crippen LogP contribution < -0.4 is 4.74 Å². The second kappa shape index (κ2) is 10.1. The number of aromatic nitrogens is 1. The van der Waals surface area contributed by atoms with Gasteiger partial charge in [0.15, 0.2) is 0 Å². The van der Waals surface area contributed by atoms with Crippen molar-refractivity contribution in [1.82, 2.24) is 4.57 Å². The third-order valence-corrected chi connectivity index (χ3v) is 6.89. The lowest BCUT2D eigenvalue weighted by Gasteiger charge is -2.10. The highest BCUT2D eigenvalue weighted by Gasteiger charge is 2.29. The zero-order valence-corrected chi connectivity index (χ0v) is 19.8. The average Bonchev–Trinajstić information content (AvgIpc) is 3.21. The highest BCUT2D eigenvalue weighted by atomic mass is 32.2. The number of hydrogen-bond donors (Lipinski definition) is 0. The maximum Gasteiger partial charge on any atom is 0.416 e. The van der Waals surface area contributed by atoms with Gasteiger partial charge in [0.1, 0.15) is 5.75 Å². The van der Waals surface area contributed by atoms with Crippen molar-refractivity contribution < 1.29 is 30.5 Å². The summed E-state index contributed by atoms with van der Waals surface area (Å²) in [6.45, 7) is 2.47. The fraction of sp³-hybridized carbons (Fsp3) is 0.231. The minimum absolute atomic E-state index is 0.0288. The van der Waals surface area contributed by atoms with Gasteiger partial charge in [0.05, 0.1) is 29.2 Å². The van der Waals surface area contributed by atoms with Crippen molar-refractivity contribution in [2.45, 2.75) is 31.0 Å². The van der Waals surface area contributed by atoms with Crippen molar-refractivity contribution in [3.63, 3.8) is 0 Å². The van der Waals surface area contributed by atoms with Crippen LogP contribution in [0.25, 0.3) is 10.9 Å². The van der Waals surface area contributed by atoms with E-state index in [-0.39, 0.29) is 11.5 Å². The molecule has 3 aromatic carbocycles. The monoisotopic (exact) mass is 503 g/mol. The normalized spacial score (nSPS) is 12.2. The number of alkyl halides is 3. The largest absolute Gasteiger partial charge is 0.493 e. The summed E-state index contributed by atoms with van der Waals surface area (Å²) in [7, 11) is -3.84. The number of rotatable bonds is 9. The summed E-state index contributed by atoms with van der Waals surface area (Å²) in [4.78, 5) is 0.115. The number of aryl methyl sites for hydroxylation is 1. The molecule has 0 aliphatic rings. The molecule has 0 bridgehead atoms. The van der Waals surface area contributed by atoms with Gasteiger partial charge < -0.3 is 9.30 Å². The SMILES string of the molecule is Cc1ccc(S(=O)(=O)OCCn2ccc3ccc(OCCc4ccc(C(F)(F)F)cc4)cc32)cc1. The molecule has 0 atom stereocenters. The standard InChI is InChI=1S/C26H24F3NO4S/c1-19-2-10-24(11-3-19)35(31,32)34-17-15-30-14-12-21-6-9-23(18-25(21)30)33-16-13-20-4-7-22(8-5-20)26(27,28)29/h2-12,14,18H,13,15-17H2,1H3. The van der Waals surface area contributed by atoms with Gasteiger partial charge in [-0.2, -0.15) is 21.6 Å². The molecule has 0 saturated heterocycles. The summed E-state index contributed by atoms with van der Waals surface area (Å²) in [5.74, 6) is 0.609. The molecule has 0 N–H and O–H groups in total. The Hall–Kier alpha value is -3.30. The van der Waals surface area contributed by atoms with Gasteiger partial charge in [-0.15, -0.1) is 0 Å². The topological polar surface area (TPSA) is 57.5 Å². The van der Waals surface area contributed by atoms with Crippen LogP contribution in [0.5, 0.6) is 5.75 Å². The summed E-state index contributed by atoms with van der Waals surface area (Å²) >= 11 is 0. The average molecular weight is 504 g/mol. The smallest absolute Gasteiger partial charge is 0.416 e. The van der Waals surface area contributed by atoms with Crippen LogP contribution in [0.2, 0.25) is 0 Å². The second-order valence-electron chi connectivity index (χ2n) is 8.11. The molecule has 0 aliphatic heterocycles. The zero-order chi connectivity index (χ0) is 25.1. The fourth-order valence-electron chi connectivity index (χ4n) is 3.61. The molecule has 35 heavy (non-hydrogen) atoms. The van der Waals surface area contributed by atoms with Crippen LogP contribution in [0.3, 0.4) is 0 Å². The highest BCUT2D eigenvalue weighted by Crippen LogP contribution is 2.29. The lowest BCUT2D eigenvalue weighted by Crippen LogP contribution is -2.12. The van der Waals surface area contributed by atoms with Crippen molar-refractivity contribution in [2.75, 3.05) is 13.2 Å². The van der Waals surface area contributed by atoms with E-state index in [0.717, 1.165) is 34.2 Å². The lowest BCUT2D eigenvalue weighted by atomic mass is 10.1. The maximum absolute atomic E-state index is 12.7. The first-order chi connectivity index (χ1) is 16.6. The van der Waals surface area contributed by atoms with E-state index < -0.39 is 21.9 Å². The molecule has 1 aromatic heterocycles. The maximum atomic E-state index is 12.7. The Morgan fingerprint density at radius 1 is 0.886 bits per heavy atom. The Kier molecular flexibility index (Phi) is 7.18. The number of benzene rings is 3. The van der Waals surface area contributed by atoms with Crippen molar-refractivity contribution >= 4 is 21.0 Å². The van der Waals surface area contributed by atoms with Crippen LogP contribution >= 0.6 is 0 Å². The Labute approximate surface area is 201 Å². The molecule has 4 rings (SSSR count). The molecular formula is C26H24F3NO4S. The van der Waals surface area contributed by atoms with E-state index in [0.29, 0.717) is 25.3 Å². The summed E-state index contributed by atoms with van der Waals surface area (Å²) in [6, 6.07) is 19.0. The van der Waals surface area contributed by atoms with Gasteiger partial charge in [0.2, 0.25) is 0 Å². The van der Waals surface area contributed by atoms with Crippen molar-refractivity contribution in [3.8, 4) is 5.75 Å². The molecular weight excluding hydrogens is 479 g/mol. The van der Waals surface area contributed by atoms with E-state index >= 15 is 0 Å². The van der Waals surface area contributed by atoms with E-state index in [9.17, 15) is 21.6 Å². The summed E-state index contributed by atoms with van der Waals surface area (Å²) in [6.07, 6.45) is -2.05. The van der Waals surface area contributed by atoms with Crippen LogP contribution in [-0.4, -0.2) is 26.2 Å². The van der Waals surface area contributed by atoms with Gasteiger partial charge in [0.25, 0.3) is 10.1 Å². The predicted octanol–water partition coefficient (Wildman–Crippen LogP) is 6.00. The van der Waals surface area contributed by atoms with E-state index in [2.05, 4.69) is 0 Å². The first-order valence-electron chi connectivity index (χ1n) is 11.0. The lowest BCUT2D eigenvalue weighted by molar-refractivity contribution is -0.137. The Bertz CT molecular complexity index is 1390. The molecule has 9 heteroatoms. The van der Waals surface area contributed by atoms with Crippen LogP contribution in [0.15, 0.2) is 83.9 Å².